The number of ketones is 1. The Balaban J connectivity index is 1.99. The second-order valence-electron chi connectivity index (χ2n) is 5.00. The highest BCUT2D eigenvalue weighted by molar-refractivity contribution is 6.30. The van der Waals surface area contributed by atoms with Gasteiger partial charge >= 0.3 is 5.97 Å². The first kappa shape index (κ1) is 17.2. The number of benzene rings is 2. The molecule has 0 amide bonds. The Labute approximate surface area is 139 Å². The summed E-state index contributed by atoms with van der Waals surface area (Å²) in [4.78, 5) is 23.7. The average Bonchev–Trinajstić information content (AvgIpc) is 2.52. The molecule has 23 heavy (non-hydrogen) atoms. The summed E-state index contributed by atoms with van der Waals surface area (Å²) in [6.07, 6.45) is 0.633. The number of aryl methyl sites for hydroxylation is 1. The third kappa shape index (κ3) is 4.89. The summed E-state index contributed by atoms with van der Waals surface area (Å²) in [5.74, 6) is -0.916. The lowest BCUT2D eigenvalue weighted by Crippen LogP contribution is -2.06. The lowest BCUT2D eigenvalue weighted by atomic mass is 10.0. The van der Waals surface area contributed by atoms with Crippen molar-refractivity contribution in [2.24, 2.45) is 0 Å². The molecular formula is C18H16ClFO3. The number of Topliss-reactive ketones (excluding diaryl/α,β-unsaturated/α-hetero) is 1. The molecule has 0 heterocycles. The molecule has 0 fully saturated rings. The van der Waals surface area contributed by atoms with Crippen molar-refractivity contribution in [2.75, 3.05) is 6.61 Å². The van der Waals surface area contributed by atoms with E-state index in [0.717, 1.165) is 0 Å². The van der Waals surface area contributed by atoms with E-state index in [1.807, 2.05) is 0 Å². The van der Waals surface area contributed by atoms with Gasteiger partial charge in [0.05, 0.1) is 12.2 Å². The van der Waals surface area contributed by atoms with Crippen LogP contribution in [0.3, 0.4) is 0 Å². The molecule has 0 aliphatic rings. The maximum atomic E-state index is 13.2. The maximum absolute atomic E-state index is 13.2. The van der Waals surface area contributed by atoms with E-state index < -0.39 is 11.8 Å². The largest absolute Gasteiger partial charge is 0.462 e. The van der Waals surface area contributed by atoms with Gasteiger partial charge in [0.1, 0.15) is 5.82 Å². The standard InChI is InChI=1S/C18H16ClFO3/c1-2-23-18(22)14-6-4-13(5-7-14)17(21)8-3-12-9-15(19)11-16(20)10-12/h4-7,9-11H,2-3,8H2,1H3. The third-order valence-electron chi connectivity index (χ3n) is 3.28. The van der Waals surface area contributed by atoms with Crippen molar-refractivity contribution in [3.05, 3.63) is 70.0 Å². The van der Waals surface area contributed by atoms with Crippen molar-refractivity contribution in [3.63, 3.8) is 0 Å². The second-order valence-corrected chi connectivity index (χ2v) is 5.44. The Morgan fingerprint density at radius 1 is 1.09 bits per heavy atom. The van der Waals surface area contributed by atoms with Crippen LogP contribution in [0.4, 0.5) is 4.39 Å². The Kier molecular flexibility index (Phi) is 5.88. The predicted molar refractivity (Wildman–Crippen MR) is 86.5 cm³/mol. The van der Waals surface area contributed by atoms with Gasteiger partial charge in [-0.2, -0.15) is 0 Å². The summed E-state index contributed by atoms with van der Waals surface area (Å²) in [7, 11) is 0. The first-order valence-corrected chi connectivity index (χ1v) is 7.62. The minimum Gasteiger partial charge on any atom is -0.462 e. The van der Waals surface area contributed by atoms with E-state index in [-0.39, 0.29) is 12.2 Å². The van der Waals surface area contributed by atoms with Crippen LogP contribution < -0.4 is 0 Å². The lowest BCUT2D eigenvalue weighted by molar-refractivity contribution is 0.0526. The normalized spacial score (nSPS) is 10.4. The highest BCUT2D eigenvalue weighted by Crippen LogP contribution is 2.17. The van der Waals surface area contributed by atoms with Crippen LogP contribution in [0.5, 0.6) is 0 Å². The molecule has 2 aromatic rings. The van der Waals surface area contributed by atoms with Crippen LogP contribution in [0, 0.1) is 5.82 Å². The number of ether oxygens (including phenoxy) is 1. The Hall–Kier alpha value is -2.20. The van der Waals surface area contributed by atoms with Gasteiger partial charge in [-0.25, -0.2) is 9.18 Å². The van der Waals surface area contributed by atoms with E-state index in [0.29, 0.717) is 34.7 Å². The number of halogens is 2. The second kappa shape index (κ2) is 7.88. The predicted octanol–water partition coefficient (Wildman–Crippen LogP) is 4.47. The van der Waals surface area contributed by atoms with Crippen LogP contribution in [-0.4, -0.2) is 18.4 Å². The summed E-state index contributed by atoms with van der Waals surface area (Å²) < 4.78 is 18.1. The maximum Gasteiger partial charge on any atom is 0.338 e. The zero-order valence-electron chi connectivity index (χ0n) is 12.6. The van der Waals surface area contributed by atoms with Crippen LogP contribution in [0.1, 0.15) is 39.6 Å². The van der Waals surface area contributed by atoms with Gasteiger partial charge in [-0.1, -0.05) is 23.7 Å². The molecule has 2 rings (SSSR count). The molecule has 0 unspecified atom stereocenters. The van der Waals surface area contributed by atoms with Crippen molar-refractivity contribution in [3.8, 4) is 0 Å². The van der Waals surface area contributed by atoms with Crippen LogP contribution in [-0.2, 0) is 11.2 Å². The fraction of sp³-hybridized carbons (Fsp3) is 0.222. The minimum absolute atomic E-state index is 0.0826. The van der Waals surface area contributed by atoms with Gasteiger partial charge in [-0.3, -0.25) is 4.79 Å². The van der Waals surface area contributed by atoms with Crippen LogP contribution >= 0.6 is 11.6 Å². The number of carbonyl (C=O) groups is 2. The van der Waals surface area contributed by atoms with E-state index in [4.69, 9.17) is 16.3 Å². The molecule has 0 spiro atoms. The zero-order valence-corrected chi connectivity index (χ0v) is 13.4. The minimum atomic E-state index is -0.418. The molecule has 3 nitrogen and oxygen atoms in total. The molecule has 2 aromatic carbocycles. The van der Waals surface area contributed by atoms with Crippen molar-refractivity contribution in [2.45, 2.75) is 19.8 Å². The molecule has 5 heteroatoms. The molecule has 0 saturated heterocycles. The molecule has 0 atom stereocenters. The van der Waals surface area contributed by atoms with Crippen LogP contribution in [0.15, 0.2) is 42.5 Å². The van der Waals surface area contributed by atoms with Gasteiger partial charge in [0, 0.05) is 17.0 Å². The Bertz CT molecular complexity index is 690. The molecule has 0 N–H and O–H groups in total. The number of hydrogen-bond donors (Lipinski definition) is 0. The molecular weight excluding hydrogens is 319 g/mol. The SMILES string of the molecule is CCOC(=O)c1ccc(C(=O)CCc2cc(F)cc(Cl)c2)cc1. The van der Waals surface area contributed by atoms with Crippen molar-refractivity contribution in [1.82, 2.24) is 0 Å². The van der Waals surface area contributed by atoms with Gasteiger partial charge in [0.25, 0.3) is 0 Å². The van der Waals surface area contributed by atoms with E-state index in [1.165, 1.54) is 12.1 Å². The molecule has 0 aliphatic carbocycles. The molecule has 120 valence electrons. The topological polar surface area (TPSA) is 43.4 Å². The highest BCUT2D eigenvalue weighted by atomic mass is 35.5. The van der Waals surface area contributed by atoms with Gasteiger partial charge in [-0.15, -0.1) is 0 Å². The fourth-order valence-electron chi connectivity index (χ4n) is 2.16. The molecule has 0 bridgehead atoms. The number of rotatable bonds is 6. The van der Waals surface area contributed by atoms with E-state index in [2.05, 4.69) is 0 Å². The number of esters is 1. The van der Waals surface area contributed by atoms with E-state index >= 15 is 0 Å². The summed E-state index contributed by atoms with van der Waals surface area (Å²) in [6.45, 7) is 2.03. The zero-order chi connectivity index (χ0) is 16.8. The fourth-order valence-corrected chi connectivity index (χ4v) is 2.41. The molecule has 0 saturated carbocycles. The molecule has 0 aromatic heterocycles. The lowest BCUT2D eigenvalue weighted by Gasteiger charge is -2.05. The van der Waals surface area contributed by atoms with Crippen molar-refractivity contribution >= 4 is 23.4 Å². The number of carbonyl (C=O) groups excluding carboxylic acids is 2. The van der Waals surface area contributed by atoms with Gasteiger partial charge in [0.2, 0.25) is 0 Å². The van der Waals surface area contributed by atoms with E-state index in [1.54, 1.807) is 37.3 Å². The smallest absolute Gasteiger partial charge is 0.338 e. The van der Waals surface area contributed by atoms with Crippen LogP contribution in [0.25, 0.3) is 0 Å². The number of hydrogen-bond acceptors (Lipinski definition) is 3. The summed E-state index contributed by atoms with van der Waals surface area (Å²) in [6, 6.07) is 10.5. The summed E-state index contributed by atoms with van der Waals surface area (Å²) >= 11 is 5.79. The Morgan fingerprint density at radius 2 is 1.74 bits per heavy atom. The van der Waals surface area contributed by atoms with Crippen molar-refractivity contribution < 1.29 is 18.7 Å². The van der Waals surface area contributed by atoms with Gasteiger partial charge < -0.3 is 4.74 Å². The van der Waals surface area contributed by atoms with Crippen LogP contribution in [0.2, 0.25) is 5.02 Å². The average molecular weight is 335 g/mol. The summed E-state index contributed by atoms with van der Waals surface area (Å²) in [5, 5.41) is 0.311. The third-order valence-corrected chi connectivity index (χ3v) is 3.50. The molecule has 0 aliphatic heterocycles. The van der Waals surface area contributed by atoms with E-state index in [9.17, 15) is 14.0 Å². The first-order chi connectivity index (χ1) is 11.0. The Morgan fingerprint density at radius 3 is 2.35 bits per heavy atom. The molecule has 0 radical (unpaired) electrons. The quantitative estimate of drug-likeness (QED) is 0.578. The highest BCUT2D eigenvalue weighted by Gasteiger charge is 2.10. The van der Waals surface area contributed by atoms with Crippen molar-refractivity contribution in [1.29, 1.82) is 0 Å². The van der Waals surface area contributed by atoms with Gasteiger partial charge in [-0.05, 0) is 49.2 Å². The summed E-state index contributed by atoms with van der Waals surface area (Å²) in [5.41, 5.74) is 1.58. The van der Waals surface area contributed by atoms with Gasteiger partial charge in [0.15, 0.2) is 5.78 Å². The first-order valence-electron chi connectivity index (χ1n) is 7.25. The monoisotopic (exact) mass is 334 g/mol.